The predicted octanol–water partition coefficient (Wildman–Crippen LogP) is 3.27. The number of fused-ring (bicyclic) bond motifs is 1. The number of hydrogen-bond donors (Lipinski definition) is 1. The smallest absolute Gasteiger partial charge is 0.170 e. The van der Waals surface area contributed by atoms with Gasteiger partial charge in [0.15, 0.2) is 5.78 Å². The molecule has 2 rings (SSSR count). The van der Waals surface area contributed by atoms with Crippen molar-refractivity contribution < 1.29 is 4.79 Å². The van der Waals surface area contributed by atoms with E-state index in [1.165, 1.54) is 0 Å². The Bertz CT molecular complexity index is 624. The summed E-state index contributed by atoms with van der Waals surface area (Å²) in [5.74, 6) is 0.0823. The van der Waals surface area contributed by atoms with Crippen molar-refractivity contribution in [3.05, 3.63) is 35.5 Å². The summed E-state index contributed by atoms with van der Waals surface area (Å²) in [6.45, 7) is 5.67. The minimum Gasteiger partial charge on any atom is -0.360 e. The number of benzene rings is 1. The molecule has 2 aromatic rings. The van der Waals surface area contributed by atoms with Gasteiger partial charge in [-0.2, -0.15) is 5.26 Å². The number of carbonyl (C=O) groups is 1. The number of H-pyrrole nitrogens is 1. The third kappa shape index (κ3) is 1.94. The highest BCUT2D eigenvalue weighted by atomic mass is 16.1. The number of nitrogens with zero attached hydrogens (tertiary/aromatic N) is 1. The number of ketones is 1. The zero-order chi connectivity index (χ0) is 12.6. The zero-order valence-corrected chi connectivity index (χ0v) is 10.2. The lowest BCUT2D eigenvalue weighted by atomic mass is 9.86. The van der Waals surface area contributed by atoms with Crippen molar-refractivity contribution >= 4 is 16.7 Å². The highest BCUT2D eigenvalue weighted by Crippen LogP contribution is 2.27. The summed E-state index contributed by atoms with van der Waals surface area (Å²) in [5, 5.41) is 9.70. The summed E-state index contributed by atoms with van der Waals surface area (Å²) in [7, 11) is 0. The van der Waals surface area contributed by atoms with Crippen LogP contribution in [0.5, 0.6) is 0 Å². The molecule has 0 spiro atoms. The number of nitrogens with one attached hydrogen (secondary N) is 1. The molecule has 17 heavy (non-hydrogen) atoms. The van der Waals surface area contributed by atoms with Crippen LogP contribution in [-0.4, -0.2) is 10.8 Å². The van der Waals surface area contributed by atoms with E-state index in [2.05, 4.69) is 11.1 Å². The molecule has 0 bridgehead atoms. The highest BCUT2D eigenvalue weighted by Gasteiger charge is 2.25. The van der Waals surface area contributed by atoms with Crippen LogP contribution in [0.25, 0.3) is 10.9 Å². The fourth-order valence-electron chi connectivity index (χ4n) is 1.78. The fraction of sp³-hybridized carbons (Fsp3) is 0.286. The minimum absolute atomic E-state index is 0.0823. The van der Waals surface area contributed by atoms with Gasteiger partial charge in [-0.3, -0.25) is 4.79 Å². The maximum Gasteiger partial charge on any atom is 0.170 e. The molecule has 1 aromatic carbocycles. The van der Waals surface area contributed by atoms with Gasteiger partial charge in [0, 0.05) is 28.1 Å². The molecule has 0 aliphatic carbocycles. The van der Waals surface area contributed by atoms with E-state index in [1.54, 1.807) is 18.3 Å². The van der Waals surface area contributed by atoms with Crippen LogP contribution in [-0.2, 0) is 0 Å². The van der Waals surface area contributed by atoms with Crippen molar-refractivity contribution in [2.75, 3.05) is 0 Å². The second-order valence-corrected chi connectivity index (χ2v) is 5.15. The molecule has 0 fully saturated rings. The molecule has 86 valence electrons. The van der Waals surface area contributed by atoms with E-state index in [0.717, 1.165) is 10.9 Å². The van der Waals surface area contributed by atoms with Gasteiger partial charge >= 0.3 is 0 Å². The first kappa shape index (κ1) is 11.4. The number of aromatic amines is 1. The van der Waals surface area contributed by atoms with E-state index in [-0.39, 0.29) is 5.78 Å². The molecule has 1 N–H and O–H groups in total. The molecule has 0 unspecified atom stereocenters. The first-order valence-electron chi connectivity index (χ1n) is 5.49. The van der Waals surface area contributed by atoms with Gasteiger partial charge in [0.1, 0.15) is 0 Å². The maximum atomic E-state index is 12.2. The number of Topliss-reactive ketones (excluding diaryl/α,β-unsaturated/α-hetero) is 1. The molecule has 0 amide bonds. The number of rotatable bonds is 1. The monoisotopic (exact) mass is 226 g/mol. The SMILES string of the molecule is CC(C)(C)C(=O)c1c[nH]c2ccc(C#N)cc12. The molecule has 0 aliphatic rings. The summed E-state index contributed by atoms with van der Waals surface area (Å²) < 4.78 is 0. The quantitative estimate of drug-likeness (QED) is 0.759. The van der Waals surface area contributed by atoms with Crippen molar-refractivity contribution in [2.24, 2.45) is 5.41 Å². The second-order valence-electron chi connectivity index (χ2n) is 5.15. The van der Waals surface area contributed by atoms with E-state index >= 15 is 0 Å². The lowest BCUT2D eigenvalue weighted by Gasteiger charge is -2.15. The van der Waals surface area contributed by atoms with Gasteiger partial charge in [0.2, 0.25) is 0 Å². The van der Waals surface area contributed by atoms with E-state index < -0.39 is 5.41 Å². The number of nitriles is 1. The van der Waals surface area contributed by atoms with E-state index in [4.69, 9.17) is 5.26 Å². The summed E-state index contributed by atoms with van der Waals surface area (Å²) in [6, 6.07) is 7.41. The fourth-order valence-corrected chi connectivity index (χ4v) is 1.78. The van der Waals surface area contributed by atoms with E-state index in [9.17, 15) is 4.79 Å². The average Bonchev–Trinajstić information content (AvgIpc) is 2.69. The Morgan fingerprint density at radius 1 is 1.35 bits per heavy atom. The molecule has 1 aromatic heterocycles. The van der Waals surface area contributed by atoms with Crippen molar-refractivity contribution in [3.8, 4) is 6.07 Å². The number of carbonyl (C=O) groups excluding carboxylic acids is 1. The van der Waals surface area contributed by atoms with Crippen molar-refractivity contribution in [1.82, 2.24) is 4.98 Å². The standard InChI is InChI=1S/C14H14N2O/c1-14(2,3)13(17)11-8-16-12-5-4-9(7-15)6-10(11)12/h4-6,8,16H,1-3H3. The van der Waals surface area contributed by atoms with Crippen LogP contribution in [0.15, 0.2) is 24.4 Å². The Morgan fingerprint density at radius 2 is 2.06 bits per heavy atom. The Balaban J connectivity index is 2.64. The lowest BCUT2D eigenvalue weighted by molar-refractivity contribution is 0.0860. The van der Waals surface area contributed by atoms with Crippen molar-refractivity contribution in [2.45, 2.75) is 20.8 Å². The molecule has 3 heteroatoms. The molecular formula is C14H14N2O. The van der Waals surface area contributed by atoms with Gasteiger partial charge in [0.25, 0.3) is 0 Å². The average molecular weight is 226 g/mol. The minimum atomic E-state index is -0.419. The lowest BCUT2D eigenvalue weighted by Crippen LogP contribution is -2.19. The van der Waals surface area contributed by atoms with Gasteiger partial charge in [-0.25, -0.2) is 0 Å². The van der Waals surface area contributed by atoms with Gasteiger partial charge < -0.3 is 4.98 Å². The van der Waals surface area contributed by atoms with Crippen LogP contribution in [0.2, 0.25) is 0 Å². The van der Waals surface area contributed by atoms with Gasteiger partial charge in [-0.15, -0.1) is 0 Å². The zero-order valence-electron chi connectivity index (χ0n) is 10.2. The molecule has 0 aliphatic heterocycles. The highest BCUT2D eigenvalue weighted by molar-refractivity contribution is 6.10. The third-order valence-corrected chi connectivity index (χ3v) is 2.74. The Morgan fingerprint density at radius 3 is 2.65 bits per heavy atom. The summed E-state index contributed by atoms with van der Waals surface area (Å²) >= 11 is 0. The number of aromatic nitrogens is 1. The van der Waals surface area contributed by atoms with Crippen LogP contribution in [0.3, 0.4) is 0 Å². The van der Waals surface area contributed by atoms with E-state index in [1.807, 2.05) is 26.8 Å². The maximum absolute atomic E-state index is 12.2. The largest absolute Gasteiger partial charge is 0.360 e. The molecule has 0 saturated carbocycles. The Hall–Kier alpha value is -2.08. The summed E-state index contributed by atoms with van der Waals surface area (Å²) in [6.07, 6.45) is 1.72. The third-order valence-electron chi connectivity index (χ3n) is 2.74. The first-order chi connectivity index (χ1) is 7.93. The van der Waals surface area contributed by atoms with Crippen LogP contribution in [0, 0.1) is 16.7 Å². The van der Waals surface area contributed by atoms with Gasteiger partial charge in [-0.05, 0) is 18.2 Å². The number of hydrogen-bond acceptors (Lipinski definition) is 2. The molecular weight excluding hydrogens is 212 g/mol. The predicted molar refractivity (Wildman–Crippen MR) is 66.8 cm³/mol. The van der Waals surface area contributed by atoms with Crippen LogP contribution in [0.1, 0.15) is 36.7 Å². The topological polar surface area (TPSA) is 56.6 Å². The van der Waals surface area contributed by atoms with Crippen molar-refractivity contribution in [3.63, 3.8) is 0 Å². The van der Waals surface area contributed by atoms with Crippen LogP contribution >= 0.6 is 0 Å². The van der Waals surface area contributed by atoms with Gasteiger partial charge in [0.05, 0.1) is 11.6 Å². The normalized spacial score (nSPS) is 11.4. The molecule has 0 saturated heterocycles. The second kappa shape index (κ2) is 3.74. The molecule has 3 nitrogen and oxygen atoms in total. The summed E-state index contributed by atoms with van der Waals surface area (Å²) in [4.78, 5) is 15.3. The van der Waals surface area contributed by atoms with Gasteiger partial charge in [-0.1, -0.05) is 20.8 Å². The van der Waals surface area contributed by atoms with Crippen LogP contribution < -0.4 is 0 Å². The molecule has 0 atom stereocenters. The van der Waals surface area contributed by atoms with E-state index in [0.29, 0.717) is 11.1 Å². The molecule has 1 heterocycles. The van der Waals surface area contributed by atoms with Crippen LogP contribution in [0.4, 0.5) is 0 Å². The molecule has 0 radical (unpaired) electrons. The van der Waals surface area contributed by atoms with Crippen molar-refractivity contribution in [1.29, 1.82) is 5.26 Å². The first-order valence-corrected chi connectivity index (χ1v) is 5.49. The Labute approximate surface area is 100 Å². The Kier molecular flexibility index (Phi) is 2.51. The summed E-state index contributed by atoms with van der Waals surface area (Å²) in [5.41, 5.74) is 1.69.